The van der Waals surface area contributed by atoms with E-state index in [1.807, 2.05) is 24.3 Å². The van der Waals surface area contributed by atoms with E-state index in [1.54, 1.807) is 35.2 Å². The van der Waals surface area contributed by atoms with E-state index in [0.717, 1.165) is 11.1 Å². The number of carbonyl (C=O) groups excluding carboxylic acids is 1. The highest BCUT2D eigenvalue weighted by Crippen LogP contribution is 2.39. The van der Waals surface area contributed by atoms with E-state index < -0.39 is 0 Å². The van der Waals surface area contributed by atoms with Crippen LogP contribution < -0.4 is 0 Å². The van der Waals surface area contributed by atoms with Crippen molar-refractivity contribution in [1.82, 2.24) is 4.90 Å². The van der Waals surface area contributed by atoms with E-state index in [2.05, 4.69) is 0 Å². The van der Waals surface area contributed by atoms with Gasteiger partial charge in [0.05, 0.1) is 17.1 Å². The lowest BCUT2D eigenvalue weighted by molar-refractivity contribution is 0.0748. The molecule has 0 fully saturated rings. The minimum absolute atomic E-state index is 0.118. The molecule has 28 heavy (non-hydrogen) atoms. The van der Waals surface area contributed by atoms with Gasteiger partial charge in [0.2, 0.25) is 0 Å². The average Bonchev–Trinajstić information content (AvgIpc) is 3.14. The van der Waals surface area contributed by atoms with Crippen LogP contribution in [0.5, 0.6) is 11.5 Å². The Morgan fingerprint density at radius 2 is 1.54 bits per heavy atom. The minimum Gasteiger partial charge on any atom is -0.507 e. The Kier molecular flexibility index (Phi) is 4.98. The first kappa shape index (κ1) is 18.4. The number of fused-ring (bicyclic) bond motifs is 1. The normalized spacial score (nSPS) is 12.8. The van der Waals surface area contributed by atoms with Crippen LogP contribution in [0.3, 0.4) is 0 Å². The molecular weight excluding hydrogens is 374 g/mol. The Hall–Kier alpha value is -2.96. The average molecular weight is 393 g/mol. The maximum absolute atomic E-state index is 13.1. The van der Waals surface area contributed by atoms with Crippen molar-refractivity contribution >= 4 is 17.7 Å². The van der Waals surface area contributed by atoms with Crippen molar-refractivity contribution in [2.75, 3.05) is 0 Å². The number of aromatic hydroxyl groups is 2. The van der Waals surface area contributed by atoms with Crippen LogP contribution in [-0.4, -0.2) is 26.1 Å². The molecule has 4 rings (SSSR count). The number of hydrogen-bond acceptors (Lipinski definition) is 5. The largest absolute Gasteiger partial charge is 0.507 e. The molecular formula is C22H19NO4S. The fourth-order valence-electron chi connectivity index (χ4n) is 3.31. The molecule has 0 aliphatic carbocycles. The molecule has 6 heteroatoms. The second-order valence-corrected chi connectivity index (χ2v) is 7.72. The Bertz CT molecular complexity index is 1030. The maximum atomic E-state index is 13.1. The van der Waals surface area contributed by atoms with Crippen LogP contribution in [-0.2, 0) is 19.7 Å². The molecule has 1 amide bonds. The van der Waals surface area contributed by atoms with Gasteiger partial charge in [0.15, 0.2) is 0 Å². The zero-order chi connectivity index (χ0) is 19.7. The third-order valence-electron chi connectivity index (χ3n) is 4.79. The fraction of sp³-hybridized carbons (Fsp3) is 0.136. The topological polar surface area (TPSA) is 81.0 Å². The first-order valence-corrected chi connectivity index (χ1v) is 9.67. The summed E-state index contributed by atoms with van der Waals surface area (Å²) in [6.45, 7) is 0.712. The molecule has 0 spiro atoms. The number of rotatable bonds is 4. The van der Waals surface area contributed by atoms with Gasteiger partial charge in [0.25, 0.3) is 5.91 Å². The summed E-state index contributed by atoms with van der Waals surface area (Å²) in [5.74, 6) is -0.309. The smallest absolute Gasteiger partial charge is 0.258 e. The van der Waals surface area contributed by atoms with Crippen molar-refractivity contribution in [3.63, 3.8) is 0 Å². The monoisotopic (exact) mass is 393 g/mol. The molecule has 1 aliphatic rings. The predicted molar refractivity (Wildman–Crippen MR) is 106 cm³/mol. The van der Waals surface area contributed by atoms with Gasteiger partial charge in [0.1, 0.15) is 11.5 Å². The molecule has 3 N–H and O–H groups in total. The summed E-state index contributed by atoms with van der Waals surface area (Å²) < 4.78 is 0. The predicted octanol–water partition coefficient (Wildman–Crippen LogP) is 3.90. The molecule has 0 saturated carbocycles. The number of amides is 1. The Balaban J connectivity index is 1.66. The van der Waals surface area contributed by atoms with Crippen molar-refractivity contribution in [2.24, 2.45) is 0 Å². The van der Waals surface area contributed by atoms with Crippen molar-refractivity contribution in [3.05, 3.63) is 82.9 Å². The number of nitrogens with zero attached hydrogens (tertiary/aromatic N) is 1. The number of aliphatic hydroxyl groups is 1. The maximum Gasteiger partial charge on any atom is 0.258 e. The number of aliphatic hydroxyl groups excluding tert-OH is 1. The lowest BCUT2D eigenvalue weighted by Crippen LogP contribution is -2.25. The van der Waals surface area contributed by atoms with Gasteiger partial charge < -0.3 is 20.2 Å². The SMILES string of the molecule is O=C(c1cc(Sc2ccccc2O)c(CO)cc1O)N1Cc2ccccc2C1. The van der Waals surface area contributed by atoms with Crippen LogP contribution in [0.4, 0.5) is 0 Å². The number of phenolic OH excluding ortho intramolecular Hbond substituents is 2. The van der Waals surface area contributed by atoms with Gasteiger partial charge in [0, 0.05) is 18.0 Å². The third-order valence-corrected chi connectivity index (χ3v) is 5.96. The van der Waals surface area contributed by atoms with E-state index in [0.29, 0.717) is 28.4 Å². The lowest BCUT2D eigenvalue weighted by Gasteiger charge is -2.18. The van der Waals surface area contributed by atoms with E-state index >= 15 is 0 Å². The summed E-state index contributed by atoms with van der Waals surface area (Å²) in [7, 11) is 0. The first-order valence-electron chi connectivity index (χ1n) is 8.85. The Labute approximate surface area is 166 Å². The van der Waals surface area contributed by atoms with E-state index in [1.165, 1.54) is 17.8 Å². The summed E-state index contributed by atoms with van der Waals surface area (Å²) in [6, 6.07) is 17.7. The first-order chi connectivity index (χ1) is 13.6. The van der Waals surface area contributed by atoms with Crippen LogP contribution in [0, 0.1) is 0 Å². The summed E-state index contributed by atoms with van der Waals surface area (Å²) in [4.78, 5) is 16.0. The van der Waals surface area contributed by atoms with Gasteiger partial charge in [-0.15, -0.1) is 0 Å². The summed E-state index contributed by atoms with van der Waals surface area (Å²) in [5.41, 5.74) is 2.88. The van der Waals surface area contributed by atoms with Gasteiger partial charge in [-0.1, -0.05) is 48.2 Å². The molecule has 0 unspecified atom stereocenters. The standard InChI is InChI=1S/C22H19NO4S/c24-13-16-9-19(26)17(10-21(16)28-20-8-4-3-7-18(20)25)22(27)23-11-14-5-1-2-6-15(14)12-23/h1-10,24-26H,11-13H2. The van der Waals surface area contributed by atoms with Crippen LogP contribution in [0.2, 0.25) is 0 Å². The quantitative estimate of drug-likeness (QED) is 0.626. The van der Waals surface area contributed by atoms with Gasteiger partial charge in [-0.05, 0) is 41.0 Å². The molecule has 142 valence electrons. The van der Waals surface area contributed by atoms with Crippen molar-refractivity contribution in [2.45, 2.75) is 29.5 Å². The zero-order valence-electron chi connectivity index (χ0n) is 15.0. The minimum atomic E-state index is -0.285. The van der Waals surface area contributed by atoms with Crippen molar-refractivity contribution in [1.29, 1.82) is 0 Å². The van der Waals surface area contributed by atoms with Gasteiger partial charge in [-0.25, -0.2) is 0 Å². The fourth-order valence-corrected chi connectivity index (χ4v) is 4.30. The summed E-state index contributed by atoms with van der Waals surface area (Å²) in [5, 5.41) is 30.1. The summed E-state index contributed by atoms with van der Waals surface area (Å²) >= 11 is 1.24. The number of hydrogen-bond donors (Lipinski definition) is 3. The van der Waals surface area contributed by atoms with Crippen LogP contribution in [0.15, 0.2) is 70.5 Å². The van der Waals surface area contributed by atoms with Gasteiger partial charge in [-0.2, -0.15) is 0 Å². The van der Waals surface area contributed by atoms with Crippen LogP contribution in [0.1, 0.15) is 27.0 Å². The van der Waals surface area contributed by atoms with E-state index in [4.69, 9.17) is 0 Å². The van der Waals surface area contributed by atoms with Crippen LogP contribution >= 0.6 is 11.8 Å². The van der Waals surface area contributed by atoms with Crippen molar-refractivity contribution in [3.8, 4) is 11.5 Å². The number of carbonyl (C=O) groups is 1. The third kappa shape index (κ3) is 3.44. The van der Waals surface area contributed by atoms with Gasteiger partial charge in [-0.3, -0.25) is 4.79 Å². The number of benzene rings is 3. The number of para-hydroxylation sites is 1. The highest BCUT2D eigenvalue weighted by atomic mass is 32.2. The summed E-state index contributed by atoms with van der Waals surface area (Å²) in [6.07, 6.45) is 0. The zero-order valence-corrected chi connectivity index (χ0v) is 15.8. The molecule has 0 aromatic heterocycles. The highest BCUT2D eigenvalue weighted by Gasteiger charge is 2.26. The van der Waals surface area contributed by atoms with E-state index in [-0.39, 0.29) is 29.6 Å². The molecule has 1 aliphatic heterocycles. The molecule has 0 atom stereocenters. The molecule has 0 radical (unpaired) electrons. The van der Waals surface area contributed by atoms with E-state index in [9.17, 15) is 20.1 Å². The second kappa shape index (κ2) is 7.58. The van der Waals surface area contributed by atoms with Crippen molar-refractivity contribution < 1.29 is 20.1 Å². The highest BCUT2D eigenvalue weighted by molar-refractivity contribution is 7.99. The molecule has 3 aromatic rings. The molecule has 1 heterocycles. The molecule has 3 aromatic carbocycles. The lowest BCUT2D eigenvalue weighted by atomic mass is 10.1. The molecule has 5 nitrogen and oxygen atoms in total. The molecule has 0 saturated heterocycles. The molecule has 0 bridgehead atoms. The second-order valence-electron chi connectivity index (χ2n) is 6.63. The Morgan fingerprint density at radius 3 is 2.18 bits per heavy atom. The Morgan fingerprint density at radius 1 is 0.893 bits per heavy atom. The number of phenols is 2. The van der Waals surface area contributed by atoms with Gasteiger partial charge >= 0.3 is 0 Å². The van der Waals surface area contributed by atoms with Crippen LogP contribution in [0.25, 0.3) is 0 Å².